The standard InChI is InChI=1S/C42H48ClF3N8O5S/c1-6-26-15-32(54-40(60)53(39(58)41(54,4)5)31-8-7-27(20-47)33(19-31)42(44,45)46)9-11-35(26)59-14-13-51-21-25(3)52(22-24(51)2)23-37(56)49-30-17-28(43)16-29(18-30)48-34-10-12-36(55)50-38(34)57/h7-9,11,15-19,24-25,34,40,48,60H,6,10,12-14,21-23H2,1-5H3,(H,49,56)(H,50,55,57)/t24-,25+,34?,40?/m0/s1. The zero-order valence-corrected chi connectivity index (χ0v) is 35.5. The number of thiol groups is 1. The number of carbonyl (C=O) groups is 4. The van der Waals surface area contributed by atoms with Crippen molar-refractivity contribution in [3.8, 4) is 11.8 Å². The van der Waals surface area contributed by atoms with Gasteiger partial charge >= 0.3 is 6.18 Å². The van der Waals surface area contributed by atoms with E-state index in [0.29, 0.717) is 66.9 Å². The van der Waals surface area contributed by atoms with Gasteiger partial charge in [-0.2, -0.15) is 18.4 Å². The summed E-state index contributed by atoms with van der Waals surface area (Å²) in [5, 5.41) is 18.0. The van der Waals surface area contributed by atoms with Crippen molar-refractivity contribution >= 4 is 70.6 Å². The second kappa shape index (κ2) is 17.9. The van der Waals surface area contributed by atoms with Crippen molar-refractivity contribution in [1.29, 1.82) is 5.26 Å². The molecule has 3 fully saturated rings. The van der Waals surface area contributed by atoms with E-state index in [0.717, 1.165) is 17.7 Å². The van der Waals surface area contributed by atoms with Gasteiger partial charge in [0.25, 0.3) is 5.91 Å². The molecule has 0 spiro atoms. The predicted octanol–water partition coefficient (Wildman–Crippen LogP) is 6.27. The van der Waals surface area contributed by atoms with Crippen LogP contribution in [0.15, 0.2) is 54.6 Å². The summed E-state index contributed by atoms with van der Waals surface area (Å²) in [6, 6.07) is 14.9. The Labute approximate surface area is 357 Å². The molecule has 0 aliphatic carbocycles. The van der Waals surface area contributed by atoms with Gasteiger partial charge in [0.05, 0.1) is 23.7 Å². The summed E-state index contributed by atoms with van der Waals surface area (Å²) in [4.78, 5) is 58.1. The van der Waals surface area contributed by atoms with Crippen LogP contribution in [-0.2, 0) is 31.8 Å². The Kier molecular flexibility index (Phi) is 13.3. The molecule has 0 aromatic heterocycles. The van der Waals surface area contributed by atoms with Gasteiger partial charge in [-0.05, 0) is 101 Å². The molecular formula is C42H48ClF3N8O5S. The van der Waals surface area contributed by atoms with Gasteiger partial charge in [-0.3, -0.25) is 39.2 Å². The summed E-state index contributed by atoms with van der Waals surface area (Å²) >= 11 is 11.1. The minimum absolute atomic E-state index is 0.0144. The Hall–Kier alpha value is -5.02. The van der Waals surface area contributed by atoms with E-state index in [1.165, 1.54) is 11.0 Å². The average molecular weight is 869 g/mol. The second-order valence-electron chi connectivity index (χ2n) is 15.8. The zero-order chi connectivity index (χ0) is 43.7. The van der Waals surface area contributed by atoms with Crippen LogP contribution in [0, 0.1) is 11.3 Å². The van der Waals surface area contributed by atoms with Crippen LogP contribution in [0.2, 0.25) is 5.02 Å². The number of anilines is 4. The molecule has 60 heavy (non-hydrogen) atoms. The number of rotatable bonds is 12. The van der Waals surface area contributed by atoms with Crippen LogP contribution in [0.5, 0.6) is 5.75 Å². The number of halogens is 4. The van der Waals surface area contributed by atoms with Gasteiger partial charge < -0.3 is 20.3 Å². The fourth-order valence-electron chi connectivity index (χ4n) is 8.00. The molecule has 0 bridgehead atoms. The van der Waals surface area contributed by atoms with Crippen LogP contribution in [0.4, 0.5) is 35.9 Å². The number of hydrogen-bond acceptors (Lipinski definition) is 11. The first kappa shape index (κ1) is 44.5. The van der Waals surface area contributed by atoms with E-state index >= 15 is 0 Å². The number of carbonyl (C=O) groups excluding carboxylic acids is 4. The van der Waals surface area contributed by atoms with Gasteiger partial charge in [-0.25, -0.2) is 0 Å². The van der Waals surface area contributed by atoms with Crippen molar-refractivity contribution < 1.29 is 37.1 Å². The number of piperidine rings is 1. The molecule has 4 amide bonds. The highest BCUT2D eigenvalue weighted by Crippen LogP contribution is 2.43. The molecule has 3 aliphatic rings. The third kappa shape index (κ3) is 9.62. The van der Waals surface area contributed by atoms with Crippen molar-refractivity contribution in [3.05, 3.63) is 76.3 Å². The molecule has 3 heterocycles. The lowest BCUT2D eigenvalue weighted by Gasteiger charge is -2.43. The molecule has 3 saturated heterocycles. The summed E-state index contributed by atoms with van der Waals surface area (Å²) in [6.45, 7) is 12.1. The summed E-state index contributed by atoms with van der Waals surface area (Å²) in [5.41, 5.74) is -1.23. The van der Waals surface area contributed by atoms with Crippen LogP contribution in [0.3, 0.4) is 0 Å². The maximum Gasteiger partial charge on any atom is 0.417 e. The SMILES string of the molecule is CCc1cc(N2C(S)N(c3ccc(C#N)c(C(F)(F)F)c3)C(=O)C2(C)C)ccc1OCCN1C[C@@H](C)N(CC(=O)Nc2cc(Cl)cc(NC3CCC(=O)NC3=O)c2)C[C@@H]1C. The van der Waals surface area contributed by atoms with Crippen molar-refractivity contribution in [2.75, 3.05) is 53.2 Å². The topological polar surface area (TPSA) is 150 Å². The number of hydrogen-bond donors (Lipinski definition) is 4. The normalized spacial score (nSPS) is 22.4. The van der Waals surface area contributed by atoms with E-state index in [-0.39, 0.29) is 42.6 Å². The fourth-order valence-corrected chi connectivity index (χ4v) is 8.89. The first-order valence-corrected chi connectivity index (χ1v) is 20.6. The Balaban J connectivity index is 1.04. The monoisotopic (exact) mass is 868 g/mol. The Morgan fingerprint density at radius 3 is 2.38 bits per heavy atom. The van der Waals surface area contributed by atoms with Gasteiger partial charge in [0.2, 0.25) is 17.7 Å². The molecule has 320 valence electrons. The summed E-state index contributed by atoms with van der Waals surface area (Å²) in [7, 11) is 0. The van der Waals surface area contributed by atoms with Gasteiger partial charge in [0.15, 0.2) is 5.50 Å². The van der Waals surface area contributed by atoms with Gasteiger partial charge in [0, 0.05) is 65.9 Å². The van der Waals surface area contributed by atoms with E-state index in [4.69, 9.17) is 29.0 Å². The molecule has 3 N–H and O–H groups in total. The maximum atomic E-state index is 13.8. The zero-order valence-electron chi connectivity index (χ0n) is 33.9. The number of nitrogens with one attached hydrogen (secondary N) is 3. The molecule has 0 radical (unpaired) electrons. The Bertz CT molecular complexity index is 2200. The number of imide groups is 1. The number of nitriles is 1. The third-order valence-electron chi connectivity index (χ3n) is 11.2. The lowest BCUT2D eigenvalue weighted by atomic mass is 10.0. The van der Waals surface area contributed by atoms with E-state index in [2.05, 4.69) is 39.6 Å². The molecule has 18 heteroatoms. The third-order valence-corrected chi connectivity index (χ3v) is 11.9. The maximum absolute atomic E-state index is 13.8. The number of ether oxygens (including phenoxy) is 1. The molecule has 3 aromatic rings. The van der Waals surface area contributed by atoms with Crippen molar-refractivity contribution in [2.45, 2.75) is 89.2 Å². The number of alkyl halides is 3. The summed E-state index contributed by atoms with van der Waals surface area (Å²) in [5.74, 6) is -0.699. The van der Waals surface area contributed by atoms with E-state index in [1.807, 2.05) is 25.1 Å². The molecule has 13 nitrogen and oxygen atoms in total. The van der Waals surface area contributed by atoms with E-state index < -0.39 is 46.2 Å². The van der Waals surface area contributed by atoms with Crippen molar-refractivity contribution in [2.24, 2.45) is 0 Å². The summed E-state index contributed by atoms with van der Waals surface area (Å²) in [6.07, 6.45) is -3.59. The Morgan fingerprint density at radius 2 is 1.70 bits per heavy atom. The quantitative estimate of drug-likeness (QED) is 0.121. The van der Waals surface area contributed by atoms with Crippen LogP contribution in [-0.4, -0.2) is 95.4 Å². The molecule has 3 aliphatic heterocycles. The number of amides is 4. The molecule has 4 atom stereocenters. The van der Waals surface area contributed by atoms with Crippen molar-refractivity contribution in [3.63, 3.8) is 0 Å². The highest BCUT2D eigenvalue weighted by atomic mass is 35.5. The summed E-state index contributed by atoms with van der Waals surface area (Å²) < 4.78 is 47.7. The van der Waals surface area contributed by atoms with E-state index in [1.54, 1.807) is 43.0 Å². The largest absolute Gasteiger partial charge is 0.492 e. The van der Waals surface area contributed by atoms with Crippen LogP contribution in [0.1, 0.15) is 64.2 Å². The predicted molar refractivity (Wildman–Crippen MR) is 226 cm³/mol. The second-order valence-corrected chi connectivity index (χ2v) is 16.7. The molecular weight excluding hydrogens is 821 g/mol. The molecule has 6 rings (SSSR count). The highest BCUT2D eigenvalue weighted by molar-refractivity contribution is 7.81. The average Bonchev–Trinajstić information content (AvgIpc) is 3.35. The number of piperazine rings is 1. The number of nitrogens with zero attached hydrogens (tertiary/aromatic N) is 5. The minimum Gasteiger partial charge on any atom is -0.492 e. The van der Waals surface area contributed by atoms with Gasteiger partial charge in [-0.15, -0.1) is 12.6 Å². The lowest BCUT2D eigenvalue weighted by molar-refractivity contribution is -0.138. The lowest BCUT2D eigenvalue weighted by Crippen LogP contribution is -2.58. The first-order chi connectivity index (χ1) is 28.3. The highest BCUT2D eigenvalue weighted by Gasteiger charge is 2.52. The van der Waals surface area contributed by atoms with Crippen LogP contribution in [0.25, 0.3) is 0 Å². The molecule has 2 unspecified atom stereocenters. The van der Waals surface area contributed by atoms with Gasteiger partial charge in [-0.1, -0.05) is 18.5 Å². The Morgan fingerprint density at radius 1 is 1.02 bits per heavy atom. The molecule has 0 saturated carbocycles. The van der Waals surface area contributed by atoms with E-state index in [9.17, 15) is 37.6 Å². The smallest absolute Gasteiger partial charge is 0.417 e. The number of aryl methyl sites for hydroxylation is 1. The first-order valence-electron chi connectivity index (χ1n) is 19.7. The fraction of sp³-hybridized carbons (Fsp3) is 0.452. The van der Waals surface area contributed by atoms with Crippen LogP contribution < -0.4 is 30.5 Å². The number of benzene rings is 3. The van der Waals surface area contributed by atoms with Crippen molar-refractivity contribution in [1.82, 2.24) is 15.1 Å². The van der Waals surface area contributed by atoms with Crippen LogP contribution >= 0.6 is 24.2 Å². The minimum atomic E-state index is -4.78. The van der Waals surface area contributed by atoms with Gasteiger partial charge in [0.1, 0.15) is 23.9 Å². The molecule has 3 aromatic carbocycles.